The molecule has 0 saturated carbocycles. The quantitative estimate of drug-likeness (QED) is 0.661. The van der Waals surface area contributed by atoms with Gasteiger partial charge in [-0.15, -0.1) is 0 Å². The zero-order valence-corrected chi connectivity index (χ0v) is 11.1. The Hall–Kier alpha value is -2.49. The fourth-order valence-electron chi connectivity index (χ4n) is 1.94. The van der Waals surface area contributed by atoms with Crippen LogP contribution in [0.25, 0.3) is 22.6 Å². The van der Waals surface area contributed by atoms with Crippen LogP contribution < -0.4 is 5.46 Å². The maximum absolute atomic E-state index is 5.68. The molecule has 4 heteroatoms. The third-order valence-corrected chi connectivity index (χ3v) is 3.02. The lowest BCUT2D eigenvalue weighted by molar-refractivity contribution is 1.11. The third-order valence-electron chi connectivity index (χ3n) is 3.02. The van der Waals surface area contributed by atoms with Crippen molar-refractivity contribution in [2.75, 3.05) is 0 Å². The summed E-state index contributed by atoms with van der Waals surface area (Å²) < 4.78 is 0. The second-order valence-corrected chi connectivity index (χ2v) is 4.58. The number of nitrogens with zero attached hydrogens (tertiary/aromatic N) is 3. The standard InChI is InChI=1S/C16H12BN3/c1-11-8-9-18-16(20-11)13-4-7-15(19-10-13)12-2-5-14(17)6-3-12/h2-10H,1H3. The lowest BCUT2D eigenvalue weighted by atomic mass is 9.95. The van der Waals surface area contributed by atoms with Crippen molar-refractivity contribution in [3.8, 4) is 22.6 Å². The van der Waals surface area contributed by atoms with E-state index in [1.165, 1.54) is 0 Å². The van der Waals surface area contributed by atoms with Crippen molar-refractivity contribution < 1.29 is 0 Å². The van der Waals surface area contributed by atoms with Crippen LogP contribution in [0.5, 0.6) is 0 Å². The molecule has 0 N–H and O–H groups in total. The van der Waals surface area contributed by atoms with Crippen molar-refractivity contribution in [2.45, 2.75) is 6.92 Å². The summed E-state index contributed by atoms with van der Waals surface area (Å²) in [6, 6.07) is 13.5. The molecule has 0 amide bonds. The number of pyridine rings is 1. The summed E-state index contributed by atoms with van der Waals surface area (Å²) in [4.78, 5) is 13.1. The lowest BCUT2D eigenvalue weighted by Crippen LogP contribution is -1.99. The summed E-state index contributed by atoms with van der Waals surface area (Å²) >= 11 is 0. The van der Waals surface area contributed by atoms with Gasteiger partial charge < -0.3 is 0 Å². The van der Waals surface area contributed by atoms with Crippen LogP contribution in [0.15, 0.2) is 54.9 Å². The van der Waals surface area contributed by atoms with E-state index in [-0.39, 0.29) is 0 Å². The number of hydrogen-bond donors (Lipinski definition) is 0. The Morgan fingerprint density at radius 3 is 2.25 bits per heavy atom. The van der Waals surface area contributed by atoms with Gasteiger partial charge in [0.1, 0.15) is 7.85 Å². The van der Waals surface area contributed by atoms with Gasteiger partial charge in [0.05, 0.1) is 5.69 Å². The minimum atomic E-state index is 0.696. The maximum atomic E-state index is 5.68. The topological polar surface area (TPSA) is 38.7 Å². The molecule has 3 rings (SSSR count). The van der Waals surface area contributed by atoms with Crippen LogP contribution >= 0.6 is 0 Å². The first kappa shape index (κ1) is 12.5. The average molecular weight is 257 g/mol. The molecular formula is C16H12BN3. The summed E-state index contributed by atoms with van der Waals surface area (Å²) in [5.74, 6) is 0.696. The largest absolute Gasteiger partial charge is 0.255 e. The summed E-state index contributed by atoms with van der Waals surface area (Å²) in [6.45, 7) is 1.95. The predicted molar refractivity (Wildman–Crippen MR) is 80.8 cm³/mol. The predicted octanol–water partition coefficient (Wildman–Crippen LogP) is 2.31. The van der Waals surface area contributed by atoms with E-state index in [0.717, 1.165) is 28.0 Å². The monoisotopic (exact) mass is 257 g/mol. The van der Waals surface area contributed by atoms with Gasteiger partial charge in [0, 0.05) is 29.2 Å². The Bertz CT molecular complexity index is 721. The van der Waals surface area contributed by atoms with Crippen molar-refractivity contribution in [1.29, 1.82) is 0 Å². The van der Waals surface area contributed by atoms with Gasteiger partial charge in [-0.1, -0.05) is 29.7 Å². The lowest BCUT2D eigenvalue weighted by Gasteiger charge is -2.04. The Morgan fingerprint density at radius 2 is 1.60 bits per heavy atom. The molecule has 1 aromatic carbocycles. The molecule has 0 aliphatic rings. The molecule has 0 unspecified atom stereocenters. The van der Waals surface area contributed by atoms with Crippen LogP contribution in [-0.2, 0) is 0 Å². The Balaban J connectivity index is 1.93. The van der Waals surface area contributed by atoms with E-state index in [9.17, 15) is 0 Å². The molecule has 2 heterocycles. The molecule has 2 radical (unpaired) electrons. The fraction of sp³-hybridized carbons (Fsp3) is 0.0625. The van der Waals surface area contributed by atoms with Gasteiger partial charge in [-0.2, -0.15) is 0 Å². The zero-order valence-electron chi connectivity index (χ0n) is 11.1. The van der Waals surface area contributed by atoms with E-state index in [2.05, 4.69) is 15.0 Å². The molecule has 0 fully saturated rings. The molecule has 20 heavy (non-hydrogen) atoms. The molecule has 0 saturated heterocycles. The van der Waals surface area contributed by atoms with Crippen LogP contribution in [-0.4, -0.2) is 22.8 Å². The molecule has 3 nitrogen and oxygen atoms in total. The summed E-state index contributed by atoms with van der Waals surface area (Å²) in [5, 5.41) is 0. The fourth-order valence-corrected chi connectivity index (χ4v) is 1.94. The number of rotatable bonds is 2. The minimum Gasteiger partial charge on any atom is -0.255 e. The van der Waals surface area contributed by atoms with E-state index in [4.69, 9.17) is 7.85 Å². The van der Waals surface area contributed by atoms with Gasteiger partial charge in [0.25, 0.3) is 0 Å². The van der Waals surface area contributed by atoms with E-state index >= 15 is 0 Å². The van der Waals surface area contributed by atoms with Crippen LogP contribution in [0.1, 0.15) is 5.69 Å². The van der Waals surface area contributed by atoms with Crippen molar-refractivity contribution in [3.05, 3.63) is 60.6 Å². The smallest absolute Gasteiger partial charge is 0.160 e. The van der Waals surface area contributed by atoms with E-state index in [1.54, 1.807) is 12.4 Å². The van der Waals surface area contributed by atoms with E-state index in [1.807, 2.05) is 49.4 Å². The molecule has 0 atom stereocenters. The molecule has 3 aromatic rings. The summed E-state index contributed by atoms with van der Waals surface area (Å²) in [7, 11) is 5.68. The van der Waals surface area contributed by atoms with Gasteiger partial charge in [-0.25, -0.2) is 9.97 Å². The molecule has 0 aliphatic heterocycles. The van der Waals surface area contributed by atoms with Gasteiger partial charge in [-0.3, -0.25) is 4.98 Å². The maximum Gasteiger partial charge on any atom is 0.160 e. The van der Waals surface area contributed by atoms with Crippen molar-refractivity contribution in [3.63, 3.8) is 0 Å². The SMILES string of the molecule is [B]c1ccc(-c2ccc(-c3nccc(C)n3)cn2)cc1. The number of aryl methyl sites for hydroxylation is 1. The van der Waals surface area contributed by atoms with Crippen molar-refractivity contribution in [2.24, 2.45) is 0 Å². The van der Waals surface area contributed by atoms with E-state index in [0.29, 0.717) is 5.82 Å². The third kappa shape index (κ3) is 2.59. The number of aromatic nitrogens is 3. The number of benzene rings is 1. The van der Waals surface area contributed by atoms with Crippen LogP contribution in [0.3, 0.4) is 0 Å². The molecule has 94 valence electrons. The normalized spacial score (nSPS) is 10.4. The summed E-state index contributed by atoms with van der Waals surface area (Å²) in [6.07, 6.45) is 3.55. The van der Waals surface area contributed by atoms with Gasteiger partial charge >= 0.3 is 0 Å². The van der Waals surface area contributed by atoms with Gasteiger partial charge in [0.2, 0.25) is 0 Å². The molecule has 0 bridgehead atoms. The second kappa shape index (κ2) is 5.25. The second-order valence-electron chi connectivity index (χ2n) is 4.58. The Morgan fingerprint density at radius 1 is 0.850 bits per heavy atom. The highest BCUT2D eigenvalue weighted by atomic mass is 14.9. The van der Waals surface area contributed by atoms with Crippen molar-refractivity contribution >= 4 is 13.3 Å². The van der Waals surface area contributed by atoms with Gasteiger partial charge in [0.15, 0.2) is 5.82 Å². The first-order valence-corrected chi connectivity index (χ1v) is 6.34. The van der Waals surface area contributed by atoms with Crippen LogP contribution in [0.2, 0.25) is 0 Å². The van der Waals surface area contributed by atoms with Crippen LogP contribution in [0, 0.1) is 6.92 Å². The Kier molecular flexibility index (Phi) is 3.29. The van der Waals surface area contributed by atoms with Crippen LogP contribution in [0.4, 0.5) is 0 Å². The van der Waals surface area contributed by atoms with Gasteiger partial charge in [-0.05, 0) is 25.1 Å². The highest BCUT2D eigenvalue weighted by Gasteiger charge is 2.03. The minimum absolute atomic E-state index is 0.696. The highest BCUT2D eigenvalue weighted by molar-refractivity contribution is 6.32. The zero-order chi connectivity index (χ0) is 13.9. The molecular weight excluding hydrogens is 245 g/mol. The molecule has 0 aliphatic carbocycles. The number of hydrogen-bond acceptors (Lipinski definition) is 3. The first-order valence-electron chi connectivity index (χ1n) is 6.34. The first-order chi connectivity index (χ1) is 9.72. The Labute approximate surface area is 119 Å². The molecule has 0 spiro atoms. The van der Waals surface area contributed by atoms with Crippen molar-refractivity contribution in [1.82, 2.24) is 15.0 Å². The molecule has 2 aromatic heterocycles. The van der Waals surface area contributed by atoms with E-state index < -0.39 is 0 Å². The summed E-state index contributed by atoms with van der Waals surface area (Å²) in [5.41, 5.74) is 4.54. The average Bonchev–Trinajstić information content (AvgIpc) is 2.48. The highest BCUT2D eigenvalue weighted by Crippen LogP contribution is 2.19.